The molecular formula is C19H20N2O2S. The maximum atomic E-state index is 12.7. The van der Waals surface area contributed by atoms with Crippen LogP contribution >= 0.6 is 11.8 Å². The highest BCUT2D eigenvalue weighted by atomic mass is 32.2. The average molecular weight is 340 g/mol. The minimum atomic E-state index is -0.259. The van der Waals surface area contributed by atoms with E-state index in [-0.39, 0.29) is 11.1 Å². The Balaban J connectivity index is 1.97. The molecule has 1 aliphatic rings. The van der Waals surface area contributed by atoms with Gasteiger partial charge in [0.2, 0.25) is 0 Å². The van der Waals surface area contributed by atoms with E-state index in [1.54, 1.807) is 12.1 Å². The molecule has 1 aliphatic heterocycles. The summed E-state index contributed by atoms with van der Waals surface area (Å²) in [4.78, 5) is 26.6. The lowest BCUT2D eigenvalue weighted by Gasteiger charge is -2.13. The van der Waals surface area contributed by atoms with Gasteiger partial charge in [0.1, 0.15) is 0 Å². The quantitative estimate of drug-likeness (QED) is 0.744. The van der Waals surface area contributed by atoms with Gasteiger partial charge in [-0.05, 0) is 69.3 Å². The number of rotatable bonds is 3. The molecule has 2 amide bonds. The van der Waals surface area contributed by atoms with Crippen molar-refractivity contribution in [3.63, 3.8) is 0 Å². The molecule has 0 spiro atoms. The molecule has 1 aromatic carbocycles. The maximum absolute atomic E-state index is 12.7. The van der Waals surface area contributed by atoms with Crippen LogP contribution in [0.1, 0.15) is 36.8 Å². The number of carbonyl (C=O) groups is 2. The Morgan fingerprint density at radius 1 is 1.08 bits per heavy atom. The fraction of sp³-hybridized carbons (Fsp3) is 0.263. The van der Waals surface area contributed by atoms with Gasteiger partial charge in [-0.25, -0.2) is 4.90 Å². The summed E-state index contributed by atoms with van der Waals surface area (Å²) in [6.45, 7) is 8.36. The van der Waals surface area contributed by atoms with Gasteiger partial charge in [0.25, 0.3) is 11.1 Å². The number of aromatic nitrogens is 1. The second-order valence-electron chi connectivity index (χ2n) is 6.14. The molecule has 3 rings (SSSR count). The monoisotopic (exact) mass is 340 g/mol. The highest BCUT2D eigenvalue weighted by Gasteiger charge is 2.36. The number of imide groups is 1. The van der Waals surface area contributed by atoms with Gasteiger partial charge in [0.15, 0.2) is 0 Å². The van der Waals surface area contributed by atoms with Crippen LogP contribution in [-0.4, -0.2) is 15.7 Å². The zero-order valence-electron chi connectivity index (χ0n) is 14.2. The fourth-order valence-electron chi connectivity index (χ4n) is 3.15. The van der Waals surface area contributed by atoms with Crippen LogP contribution in [0.5, 0.6) is 0 Å². The summed E-state index contributed by atoms with van der Waals surface area (Å²) in [5.74, 6) is -0.259. The fourth-order valence-corrected chi connectivity index (χ4v) is 3.98. The lowest BCUT2D eigenvalue weighted by atomic mass is 10.2. The Morgan fingerprint density at radius 2 is 1.75 bits per heavy atom. The zero-order chi connectivity index (χ0) is 17.4. The molecule has 2 aromatic rings. The molecule has 0 saturated carbocycles. The first kappa shape index (κ1) is 16.6. The van der Waals surface area contributed by atoms with Crippen LogP contribution in [0.4, 0.5) is 10.5 Å². The SMILES string of the molecule is Cc1cc(/C=C2/SC(=O)N(c3ccccc3)C2=O)c(C)n1C(C)C. The normalized spacial score (nSPS) is 16.7. The second-order valence-corrected chi connectivity index (χ2v) is 7.14. The number of para-hydroxylation sites is 1. The third-order valence-electron chi connectivity index (χ3n) is 4.13. The molecule has 1 aromatic heterocycles. The summed E-state index contributed by atoms with van der Waals surface area (Å²) in [6.07, 6.45) is 1.83. The number of nitrogens with zero attached hydrogens (tertiary/aromatic N) is 2. The standard InChI is InChI=1S/C19H20N2O2S/c1-12(2)20-13(3)10-15(14(20)4)11-17-18(22)21(19(23)24-17)16-8-6-5-7-9-16/h5-12H,1-4H3/b17-11+. The molecular weight excluding hydrogens is 320 g/mol. The van der Waals surface area contributed by atoms with Crippen molar-refractivity contribution in [3.05, 3.63) is 58.3 Å². The van der Waals surface area contributed by atoms with Crippen molar-refractivity contribution < 1.29 is 9.59 Å². The van der Waals surface area contributed by atoms with E-state index in [4.69, 9.17) is 0 Å². The van der Waals surface area contributed by atoms with Crippen LogP contribution in [-0.2, 0) is 4.79 Å². The Bertz CT molecular complexity index is 835. The van der Waals surface area contributed by atoms with Crippen LogP contribution in [0.3, 0.4) is 0 Å². The van der Waals surface area contributed by atoms with Crippen LogP contribution in [0.15, 0.2) is 41.3 Å². The highest BCUT2D eigenvalue weighted by molar-refractivity contribution is 8.19. The van der Waals surface area contributed by atoms with E-state index in [9.17, 15) is 9.59 Å². The lowest BCUT2D eigenvalue weighted by Crippen LogP contribution is -2.27. The molecule has 2 heterocycles. The molecule has 1 saturated heterocycles. The molecule has 0 atom stereocenters. The first-order valence-corrected chi connectivity index (χ1v) is 8.73. The van der Waals surface area contributed by atoms with Crippen molar-refractivity contribution in [2.45, 2.75) is 33.7 Å². The largest absolute Gasteiger partial charge is 0.346 e. The Kier molecular flexibility index (Phi) is 4.37. The molecule has 0 bridgehead atoms. The summed E-state index contributed by atoms with van der Waals surface area (Å²) in [5, 5.41) is -0.255. The Morgan fingerprint density at radius 3 is 2.33 bits per heavy atom. The van der Waals surface area contributed by atoms with Gasteiger partial charge in [-0.15, -0.1) is 0 Å². The third kappa shape index (κ3) is 2.80. The van der Waals surface area contributed by atoms with E-state index in [0.717, 1.165) is 28.7 Å². The molecule has 24 heavy (non-hydrogen) atoms. The summed E-state index contributed by atoms with van der Waals surface area (Å²) in [6, 6.07) is 11.4. The number of aryl methyl sites for hydroxylation is 1. The molecule has 0 N–H and O–H groups in total. The number of hydrogen-bond donors (Lipinski definition) is 0. The molecule has 0 unspecified atom stereocenters. The summed E-state index contributed by atoms with van der Waals surface area (Å²) in [7, 11) is 0. The lowest BCUT2D eigenvalue weighted by molar-refractivity contribution is -0.113. The van der Waals surface area contributed by atoms with E-state index in [0.29, 0.717) is 16.6 Å². The van der Waals surface area contributed by atoms with Gasteiger partial charge in [0, 0.05) is 17.4 Å². The van der Waals surface area contributed by atoms with E-state index in [2.05, 4.69) is 31.4 Å². The predicted octanol–water partition coefficient (Wildman–Crippen LogP) is 4.93. The van der Waals surface area contributed by atoms with Crippen LogP contribution in [0.2, 0.25) is 0 Å². The first-order valence-electron chi connectivity index (χ1n) is 7.91. The number of carbonyl (C=O) groups excluding carboxylic acids is 2. The number of amides is 2. The zero-order valence-corrected chi connectivity index (χ0v) is 15.1. The van der Waals surface area contributed by atoms with Gasteiger partial charge < -0.3 is 4.57 Å². The van der Waals surface area contributed by atoms with E-state index >= 15 is 0 Å². The Hall–Kier alpha value is -2.27. The highest BCUT2D eigenvalue weighted by Crippen LogP contribution is 2.36. The van der Waals surface area contributed by atoms with Crippen molar-refractivity contribution >= 4 is 34.7 Å². The summed E-state index contributed by atoms with van der Waals surface area (Å²) < 4.78 is 2.23. The van der Waals surface area contributed by atoms with Crippen LogP contribution < -0.4 is 4.90 Å². The molecule has 5 heteroatoms. The smallest absolute Gasteiger partial charge is 0.298 e. The molecule has 0 aliphatic carbocycles. The number of benzene rings is 1. The van der Waals surface area contributed by atoms with E-state index < -0.39 is 0 Å². The van der Waals surface area contributed by atoms with E-state index in [1.165, 1.54) is 4.90 Å². The van der Waals surface area contributed by atoms with Crippen LogP contribution in [0.25, 0.3) is 6.08 Å². The minimum absolute atomic E-state index is 0.255. The number of hydrogen-bond acceptors (Lipinski definition) is 3. The van der Waals surface area contributed by atoms with Gasteiger partial charge in [-0.2, -0.15) is 0 Å². The summed E-state index contributed by atoms with van der Waals surface area (Å²) >= 11 is 0.993. The van der Waals surface area contributed by atoms with Crippen molar-refractivity contribution in [1.82, 2.24) is 4.57 Å². The van der Waals surface area contributed by atoms with Gasteiger partial charge in [0.05, 0.1) is 10.6 Å². The minimum Gasteiger partial charge on any atom is -0.346 e. The molecule has 1 fully saturated rings. The summed E-state index contributed by atoms with van der Waals surface area (Å²) in [5.41, 5.74) is 3.85. The van der Waals surface area contributed by atoms with Gasteiger partial charge in [-0.1, -0.05) is 18.2 Å². The Labute approximate surface area is 146 Å². The van der Waals surface area contributed by atoms with Crippen molar-refractivity contribution in [2.75, 3.05) is 4.90 Å². The molecule has 4 nitrogen and oxygen atoms in total. The van der Waals surface area contributed by atoms with E-state index in [1.807, 2.05) is 31.2 Å². The second kappa shape index (κ2) is 6.32. The van der Waals surface area contributed by atoms with Crippen LogP contribution in [0, 0.1) is 13.8 Å². The molecule has 0 radical (unpaired) electrons. The first-order chi connectivity index (χ1) is 11.4. The van der Waals surface area contributed by atoms with Crippen molar-refractivity contribution in [1.29, 1.82) is 0 Å². The maximum Gasteiger partial charge on any atom is 0.298 e. The molecule has 124 valence electrons. The van der Waals surface area contributed by atoms with Gasteiger partial charge >= 0.3 is 0 Å². The predicted molar refractivity (Wildman–Crippen MR) is 99.2 cm³/mol. The third-order valence-corrected chi connectivity index (χ3v) is 5.00. The average Bonchev–Trinajstić information content (AvgIpc) is 2.96. The number of thioether (sulfide) groups is 1. The van der Waals surface area contributed by atoms with Gasteiger partial charge in [-0.3, -0.25) is 9.59 Å². The topological polar surface area (TPSA) is 42.3 Å². The van der Waals surface area contributed by atoms with Crippen molar-refractivity contribution in [3.8, 4) is 0 Å². The van der Waals surface area contributed by atoms with Crippen molar-refractivity contribution in [2.24, 2.45) is 0 Å². The number of anilines is 1.